The van der Waals surface area contributed by atoms with Crippen molar-refractivity contribution in [3.63, 3.8) is 0 Å². The molecule has 0 unspecified atom stereocenters. The second-order valence-electron chi connectivity index (χ2n) is 7.37. The van der Waals surface area contributed by atoms with E-state index in [-0.39, 0.29) is 23.8 Å². The van der Waals surface area contributed by atoms with Crippen molar-refractivity contribution in [3.8, 4) is 0 Å². The Bertz CT molecular complexity index is 943. The van der Waals surface area contributed by atoms with E-state index in [2.05, 4.69) is 42.9 Å². The minimum absolute atomic E-state index is 0.0731. The van der Waals surface area contributed by atoms with Crippen LogP contribution in [0.3, 0.4) is 0 Å². The van der Waals surface area contributed by atoms with Crippen LogP contribution >= 0.6 is 0 Å². The summed E-state index contributed by atoms with van der Waals surface area (Å²) in [6.45, 7) is 10.7. The van der Waals surface area contributed by atoms with Crippen molar-refractivity contribution in [2.75, 3.05) is 13.1 Å². The maximum absolute atomic E-state index is 12.3. The first-order valence-electron chi connectivity index (χ1n) is 9.50. The normalized spacial score (nSPS) is 11.5. The predicted octanol–water partition coefficient (Wildman–Crippen LogP) is 3.26. The van der Waals surface area contributed by atoms with Gasteiger partial charge in [0, 0.05) is 19.5 Å². The van der Waals surface area contributed by atoms with Crippen LogP contribution in [0.5, 0.6) is 0 Å². The Morgan fingerprint density at radius 2 is 1.50 bits per heavy atom. The third-order valence-electron chi connectivity index (χ3n) is 4.97. The monoisotopic (exact) mass is 402 g/mol. The fraction of sp³-hybridized carbons (Fsp3) is 0.409. The number of amides is 1. The Labute approximate surface area is 168 Å². The SMILES string of the molecule is Cc1cc(C)c(CCNC(=O)CCNS(=O)(=O)c2ccc(C)c(C)c2)c(C)c1. The molecule has 0 saturated heterocycles. The summed E-state index contributed by atoms with van der Waals surface area (Å²) in [5, 5.41) is 2.87. The van der Waals surface area contributed by atoms with E-state index in [0.29, 0.717) is 6.54 Å². The first kappa shape index (κ1) is 22.1. The molecule has 1 amide bonds. The first-order chi connectivity index (χ1) is 13.1. The molecule has 28 heavy (non-hydrogen) atoms. The number of nitrogens with one attached hydrogen (secondary N) is 2. The summed E-state index contributed by atoms with van der Waals surface area (Å²) in [6, 6.07) is 9.30. The van der Waals surface area contributed by atoms with E-state index in [1.54, 1.807) is 18.2 Å². The van der Waals surface area contributed by atoms with Gasteiger partial charge in [0.05, 0.1) is 4.90 Å². The number of aryl methyl sites for hydroxylation is 5. The summed E-state index contributed by atoms with van der Waals surface area (Å²) in [6.07, 6.45) is 0.869. The minimum atomic E-state index is -3.60. The highest BCUT2D eigenvalue weighted by atomic mass is 32.2. The van der Waals surface area contributed by atoms with Crippen molar-refractivity contribution < 1.29 is 13.2 Å². The Balaban J connectivity index is 1.80. The molecule has 0 aromatic heterocycles. The van der Waals surface area contributed by atoms with E-state index in [9.17, 15) is 13.2 Å². The molecule has 2 aromatic rings. The number of rotatable bonds is 8. The first-order valence-corrected chi connectivity index (χ1v) is 11.0. The van der Waals surface area contributed by atoms with Gasteiger partial charge < -0.3 is 5.32 Å². The van der Waals surface area contributed by atoms with Crippen molar-refractivity contribution in [1.82, 2.24) is 10.0 Å². The average molecular weight is 403 g/mol. The average Bonchev–Trinajstić information content (AvgIpc) is 2.59. The molecule has 0 fully saturated rings. The van der Waals surface area contributed by atoms with Crippen LogP contribution in [0.1, 0.15) is 39.8 Å². The molecule has 0 bridgehead atoms. The van der Waals surface area contributed by atoms with Crippen LogP contribution in [-0.4, -0.2) is 27.4 Å². The third-order valence-corrected chi connectivity index (χ3v) is 6.43. The molecule has 0 aliphatic rings. The number of hydrogen-bond acceptors (Lipinski definition) is 3. The lowest BCUT2D eigenvalue weighted by atomic mass is 9.97. The molecule has 5 nitrogen and oxygen atoms in total. The number of carbonyl (C=O) groups is 1. The van der Waals surface area contributed by atoms with Gasteiger partial charge in [0.2, 0.25) is 15.9 Å². The molecule has 0 atom stereocenters. The molecule has 0 aliphatic heterocycles. The predicted molar refractivity (Wildman–Crippen MR) is 113 cm³/mol. The maximum atomic E-state index is 12.3. The van der Waals surface area contributed by atoms with Crippen LogP contribution in [0.25, 0.3) is 0 Å². The molecular formula is C22H30N2O3S. The summed E-state index contributed by atoms with van der Waals surface area (Å²) < 4.78 is 27.2. The number of carbonyl (C=O) groups excluding carboxylic acids is 1. The summed E-state index contributed by atoms with van der Waals surface area (Å²) >= 11 is 0. The Kier molecular flexibility index (Phi) is 7.38. The van der Waals surface area contributed by atoms with Gasteiger partial charge in [-0.2, -0.15) is 0 Å². The zero-order valence-corrected chi connectivity index (χ0v) is 18.2. The summed E-state index contributed by atoms with van der Waals surface area (Å²) in [4.78, 5) is 12.3. The van der Waals surface area contributed by atoms with Crippen LogP contribution in [0.4, 0.5) is 0 Å². The largest absolute Gasteiger partial charge is 0.356 e. The van der Waals surface area contributed by atoms with Crippen molar-refractivity contribution in [3.05, 3.63) is 63.7 Å². The van der Waals surface area contributed by atoms with E-state index < -0.39 is 10.0 Å². The van der Waals surface area contributed by atoms with Crippen LogP contribution in [0.2, 0.25) is 0 Å². The summed E-state index contributed by atoms with van der Waals surface area (Å²) in [7, 11) is -3.60. The highest BCUT2D eigenvalue weighted by Gasteiger charge is 2.15. The summed E-state index contributed by atoms with van der Waals surface area (Å²) in [5.41, 5.74) is 6.90. The molecule has 2 aromatic carbocycles. The molecule has 0 aliphatic carbocycles. The Morgan fingerprint density at radius 1 is 0.857 bits per heavy atom. The smallest absolute Gasteiger partial charge is 0.240 e. The van der Waals surface area contributed by atoms with Gasteiger partial charge in [0.15, 0.2) is 0 Å². The number of benzene rings is 2. The van der Waals surface area contributed by atoms with Crippen LogP contribution < -0.4 is 10.0 Å². The van der Waals surface area contributed by atoms with Crippen molar-refractivity contribution in [2.45, 2.75) is 52.4 Å². The van der Waals surface area contributed by atoms with Crippen molar-refractivity contribution >= 4 is 15.9 Å². The van der Waals surface area contributed by atoms with Crippen molar-refractivity contribution in [1.29, 1.82) is 0 Å². The maximum Gasteiger partial charge on any atom is 0.240 e. The van der Waals surface area contributed by atoms with Gasteiger partial charge in [-0.15, -0.1) is 0 Å². The molecule has 2 N–H and O–H groups in total. The molecule has 2 rings (SSSR count). The highest BCUT2D eigenvalue weighted by Crippen LogP contribution is 2.17. The van der Waals surface area contributed by atoms with Gasteiger partial charge in [-0.3, -0.25) is 4.79 Å². The Hall–Kier alpha value is -2.18. The van der Waals surface area contributed by atoms with Crippen LogP contribution in [0, 0.1) is 34.6 Å². The van der Waals surface area contributed by atoms with Gasteiger partial charge in [-0.25, -0.2) is 13.1 Å². The molecule has 6 heteroatoms. The number of sulfonamides is 1. The van der Waals surface area contributed by atoms with Gasteiger partial charge >= 0.3 is 0 Å². The van der Waals surface area contributed by atoms with Crippen molar-refractivity contribution in [2.24, 2.45) is 0 Å². The van der Waals surface area contributed by atoms with E-state index in [1.807, 2.05) is 13.8 Å². The molecule has 0 spiro atoms. The van der Waals surface area contributed by atoms with Gasteiger partial charge in [-0.1, -0.05) is 23.8 Å². The molecule has 0 radical (unpaired) electrons. The van der Waals surface area contributed by atoms with Gasteiger partial charge in [0.1, 0.15) is 0 Å². The molecule has 0 saturated carbocycles. The quantitative estimate of drug-likeness (QED) is 0.712. The zero-order valence-electron chi connectivity index (χ0n) is 17.3. The van der Waals surface area contributed by atoms with E-state index >= 15 is 0 Å². The summed E-state index contributed by atoms with van der Waals surface area (Å²) in [5.74, 6) is -0.162. The lowest BCUT2D eigenvalue weighted by molar-refractivity contribution is -0.120. The Morgan fingerprint density at radius 3 is 2.11 bits per heavy atom. The second kappa shape index (κ2) is 9.34. The van der Waals surface area contributed by atoms with Gasteiger partial charge in [0.25, 0.3) is 0 Å². The number of hydrogen-bond donors (Lipinski definition) is 2. The lowest BCUT2D eigenvalue weighted by Crippen LogP contribution is -2.31. The van der Waals surface area contributed by atoms with Crippen LogP contribution in [0.15, 0.2) is 35.2 Å². The van der Waals surface area contributed by atoms with E-state index in [4.69, 9.17) is 0 Å². The van der Waals surface area contributed by atoms with E-state index in [1.165, 1.54) is 22.3 Å². The highest BCUT2D eigenvalue weighted by molar-refractivity contribution is 7.89. The topological polar surface area (TPSA) is 75.3 Å². The second-order valence-corrected chi connectivity index (χ2v) is 9.14. The minimum Gasteiger partial charge on any atom is -0.356 e. The molecule has 0 heterocycles. The molecular weight excluding hydrogens is 372 g/mol. The standard InChI is InChI=1S/C22H30N2O3S/c1-15-12-18(4)21(19(5)13-15)8-10-23-22(25)9-11-24-28(26,27)20-7-6-16(2)17(3)14-20/h6-7,12-14,24H,8-11H2,1-5H3,(H,23,25). The fourth-order valence-electron chi connectivity index (χ4n) is 3.28. The molecule has 152 valence electrons. The van der Waals surface area contributed by atoms with E-state index in [0.717, 1.165) is 17.5 Å². The third kappa shape index (κ3) is 5.91. The lowest BCUT2D eigenvalue weighted by Gasteiger charge is -2.12. The van der Waals surface area contributed by atoms with Crippen LogP contribution in [-0.2, 0) is 21.2 Å². The zero-order chi connectivity index (χ0) is 20.9. The fourth-order valence-corrected chi connectivity index (χ4v) is 4.40. The van der Waals surface area contributed by atoms with Gasteiger partial charge in [-0.05, 0) is 81.0 Å².